The Kier molecular flexibility index (Phi) is 12.8. The fourth-order valence-electron chi connectivity index (χ4n) is 4.72. The molecule has 0 bridgehead atoms. The summed E-state index contributed by atoms with van der Waals surface area (Å²) in [5.41, 5.74) is 1.79. The van der Waals surface area contributed by atoms with Crippen molar-refractivity contribution in [2.45, 2.75) is 57.7 Å². The number of ether oxygens (including phenoxy) is 1. The van der Waals surface area contributed by atoms with E-state index in [2.05, 4.69) is 16.0 Å². The molecule has 1 aliphatic rings. The number of nitrogens with zero attached hydrogens (tertiary/aromatic N) is 1. The number of amides is 3. The van der Waals surface area contributed by atoms with E-state index < -0.39 is 35.9 Å². The molecule has 0 aromatic heterocycles. The molecule has 3 amide bonds. The van der Waals surface area contributed by atoms with Crippen molar-refractivity contribution in [2.75, 3.05) is 32.8 Å². The molecule has 3 rings (SSSR count). The second-order valence-electron chi connectivity index (χ2n) is 10.8. The van der Waals surface area contributed by atoms with Crippen LogP contribution in [0.3, 0.4) is 0 Å². The zero-order valence-corrected chi connectivity index (χ0v) is 23.9. The zero-order chi connectivity index (χ0) is 29.6. The minimum atomic E-state index is -1.16. The van der Waals surface area contributed by atoms with Crippen LogP contribution in [0, 0.1) is 5.92 Å². The summed E-state index contributed by atoms with van der Waals surface area (Å²) >= 11 is 0. The lowest BCUT2D eigenvalue weighted by Gasteiger charge is -2.28. The Hall–Kier alpha value is -3.76. The standard InChI is InChI=1S/C31H42N4O6/c1-22(2)19-26(30(38)34-27(31(39)40)20-24-11-7-4-8-12-24)33-29(37)25(14-13-23-9-5-3-6-10-23)32-28(36)21-35-15-17-41-18-16-35/h3-12,22,25-27H,13-21H2,1-2H3,(H,32,36)(H,33,37)(H,34,38)(H,39,40). The summed E-state index contributed by atoms with van der Waals surface area (Å²) in [5, 5.41) is 18.1. The number of aryl methyl sites for hydroxylation is 1. The van der Waals surface area contributed by atoms with Gasteiger partial charge >= 0.3 is 5.97 Å². The Labute approximate surface area is 241 Å². The second-order valence-corrected chi connectivity index (χ2v) is 10.8. The van der Waals surface area contributed by atoms with Gasteiger partial charge in [0, 0.05) is 19.5 Å². The lowest BCUT2D eigenvalue weighted by molar-refractivity contribution is -0.142. The summed E-state index contributed by atoms with van der Waals surface area (Å²) < 4.78 is 5.35. The maximum Gasteiger partial charge on any atom is 0.326 e. The van der Waals surface area contributed by atoms with Gasteiger partial charge in [-0.25, -0.2) is 4.79 Å². The summed E-state index contributed by atoms with van der Waals surface area (Å²) in [6, 6.07) is 15.7. The van der Waals surface area contributed by atoms with Crippen molar-refractivity contribution in [2.24, 2.45) is 5.92 Å². The quantitative estimate of drug-likeness (QED) is 0.258. The fraction of sp³-hybridized carbons (Fsp3) is 0.484. The van der Waals surface area contributed by atoms with Crippen LogP contribution in [0.15, 0.2) is 60.7 Å². The number of carboxylic acids is 1. The fourth-order valence-corrected chi connectivity index (χ4v) is 4.72. The maximum atomic E-state index is 13.5. The molecule has 0 saturated carbocycles. The number of aliphatic carboxylic acids is 1. The SMILES string of the molecule is CC(C)CC(NC(=O)C(CCc1ccccc1)NC(=O)CN1CCOCC1)C(=O)NC(Cc1ccccc1)C(=O)O. The predicted molar refractivity (Wildman–Crippen MR) is 155 cm³/mol. The number of rotatable bonds is 15. The molecule has 0 spiro atoms. The largest absolute Gasteiger partial charge is 0.480 e. The minimum absolute atomic E-state index is 0.0436. The first kappa shape index (κ1) is 31.8. The molecule has 1 fully saturated rings. The van der Waals surface area contributed by atoms with Gasteiger partial charge in [-0.15, -0.1) is 0 Å². The first-order chi connectivity index (χ1) is 19.7. The van der Waals surface area contributed by atoms with Crippen LogP contribution in [0.2, 0.25) is 0 Å². The topological polar surface area (TPSA) is 137 Å². The Balaban J connectivity index is 1.70. The number of carbonyl (C=O) groups excluding carboxylic acids is 3. The van der Waals surface area contributed by atoms with Crippen LogP contribution in [-0.4, -0.2) is 84.7 Å². The van der Waals surface area contributed by atoms with E-state index in [1.165, 1.54) is 0 Å². The van der Waals surface area contributed by atoms with Crippen molar-refractivity contribution in [3.05, 3.63) is 71.8 Å². The van der Waals surface area contributed by atoms with Crippen molar-refractivity contribution >= 4 is 23.7 Å². The monoisotopic (exact) mass is 566 g/mol. The lowest BCUT2D eigenvalue weighted by Crippen LogP contribution is -2.57. The number of hydrogen-bond acceptors (Lipinski definition) is 6. The maximum absolute atomic E-state index is 13.5. The van der Waals surface area contributed by atoms with Gasteiger partial charge in [-0.1, -0.05) is 74.5 Å². The smallest absolute Gasteiger partial charge is 0.326 e. The van der Waals surface area contributed by atoms with E-state index in [1.807, 2.05) is 55.1 Å². The van der Waals surface area contributed by atoms with Gasteiger partial charge in [-0.3, -0.25) is 19.3 Å². The van der Waals surface area contributed by atoms with Gasteiger partial charge in [-0.05, 0) is 36.3 Å². The van der Waals surface area contributed by atoms with Crippen molar-refractivity contribution in [3.8, 4) is 0 Å². The molecule has 1 heterocycles. The highest BCUT2D eigenvalue weighted by molar-refractivity contribution is 5.93. The molecule has 2 aromatic rings. The minimum Gasteiger partial charge on any atom is -0.480 e. The molecule has 1 aliphatic heterocycles. The zero-order valence-electron chi connectivity index (χ0n) is 23.9. The molecular weight excluding hydrogens is 524 g/mol. The first-order valence-corrected chi connectivity index (χ1v) is 14.2. The normalized spacial score (nSPS) is 15.9. The second kappa shape index (κ2) is 16.5. The molecule has 1 saturated heterocycles. The first-order valence-electron chi connectivity index (χ1n) is 14.2. The van der Waals surface area contributed by atoms with E-state index in [0.29, 0.717) is 45.6 Å². The van der Waals surface area contributed by atoms with Crippen LogP contribution in [0.1, 0.15) is 37.8 Å². The lowest BCUT2D eigenvalue weighted by atomic mass is 10.00. The number of carboxylic acid groups (broad SMARTS) is 1. The highest BCUT2D eigenvalue weighted by Crippen LogP contribution is 2.11. The van der Waals surface area contributed by atoms with Crippen LogP contribution >= 0.6 is 0 Å². The van der Waals surface area contributed by atoms with Gasteiger partial charge in [0.2, 0.25) is 17.7 Å². The van der Waals surface area contributed by atoms with Crippen LogP contribution in [0.25, 0.3) is 0 Å². The van der Waals surface area contributed by atoms with E-state index in [4.69, 9.17) is 4.74 Å². The molecule has 4 N–H and O–H groups in total. The Morgan fingerprint density at radius 2 is 1.37 bits per heavy atom. The third-order valence-corrected chi connectivity index (χ3v) is 6.92. The number of carbonyl (C=O) groups is 4. The highest BCUT2D eigenvalue weighted by Gasteiger charge is 2.30. The van der Waals surface area contributed by atoms with E-state index in [9.17, 15) is 24.3 Å². The van der Waals surface area contributed by atoms with Crippen LogP contribution in [-0.2, 0) is 36.8 Å². The molecule has 0 aliphatic carbocycles. The predicted octanol–water partition coefficient (Wildman–Crippen LogP) is 1.78. The number of hydrogen-bond donors (Lipinski definition) is 4. The van der Waals surface area contributed by atoms with E-state index in [0.717, 1.165) is 11.1 Å². The van der Waals surface area contributed by atoms with Crippen LogP contribution in [0.4, 0.5) is 0 Å². The molecule has 10 nitrogen and oxygen atoms in total. The molecule has 3 atom stereocenters. The summed E-state index contributed by atoms with van der Waals surface area (Å²) in [5.74, 6) is -2.45. The van der Waals surface area contributed by atoms with Gasteiger partial charge in [0.05, 0.1) is 19.8 Å². The van der Waals surface area contributed by atoms with Crippen LogP contribution < -0.4 is 16.0 Å². The third-order valence-electron chi connectivity index (χ3n) is 6.92. The molecule has 3 unspecified atom stereocenters. The van der Waals surface area contributed by atoms with Gasteiger partial charge in [0.1, 0.15) is 18.1 Å². The molecule has 41 heavy (non-hydrogen) atoms. The van der Waals surface area contributed by atoms with Gasteiger partial charge in [0.15, 0.2) is 0 Å². The van der Waals surface area contributed by atoms with Crippen molar-refractivity contribution in [3.63, 3.8) is 0 Å². The van der Waals surface area contributed by atoms with E-state index >= 15 is 0 Å². The number of morpholine rings is 1. The average Bonchev–Trinajstić information content (AvgIpc) is 2.95. The summed E-state index contributed by atoms with van der Waals surface area (Å²) in [6.45, 7) is 6.37. The van der Waals surface area contributed by atoms with Gasteiger partial charge in [0.25, 0.3) is 0 Å². The van der Waals surface area contributed by atoms with Gasteiger partial charge in [-0.2, -0.15) is 0 Å². The summed E-state index contributed by atoms with van der Waals surface area (Å²) in [4.78, 5) is 53.7. The number of benzene rings is 2. The highest BCUT2D eigenvalue weighted by atomic mass is 16.5. The van der Waals surface area contributed by atoms with Crippen molar-refractivity contribution in [1.29, 1.82) is 0 Å². The third kappa shape index (κ3) is 11.3. The molecule has 2 aromatic carbocycles. The summed E-state index contributed by atoms with van der Waals surface area (Å²) in [7, 11) is 0. The van der Waals surface area contributed by atoms with E-state index in [1.54, 1.807) is 24.3 Å². The molecular formula is C31H42N4O6. The van der Waals surface area contributed by atoms with E-state index in [-0.39, 0.29) is 24.8 Å². The van der Waals surface area contributed by atoms with Crippen molar-refractivity contribution in [1.82, 2.24) is 20.9 Å². The van der Waals surface area contributed by atoms with Crippen LogP contribution in [0.5, 0.6) is 0 Å². The average molecular weight is 567 g/mol. The Morgan fingerprint density at radius 3 is 1.95 bits per heavy atom. The molecule has 222 valence electrons. The number of nitrogens with one attached hydrogen (secondary N) is 3. The van der Waals surface area contributed by atoms with Crippen molar-refractivity contribution < 1.29 is 29.0 Å². The Morgan fingerprint density at radius 1 is 0.805 bits per heavy atom. The van der Waals surface area contributed by atoms with Gasteiger partial charge < -0.3 is 25.8 Å². The molecule has 10 heteroatoms. The molecule has 0 radical (unpaired) electrons. The summed E-state index contributed by atoms with van der Waals surface area (Å²) in [6.07, 6.45) is 1.31. The Bertz CT molecular complexity index is 1120.